The van der Waals surface area contributed by atoms with Crippen molar-refractivity contribution in [2.45, 2.75) is 32.2 Å². The van der Waals surface area contributed by atoms with Crippen LogP contribution in [0.25, 0.3) is 0 Å². The average Bonchev–Trinajstić information content (AvgIpc) is 2.73. The highest BCUT2D eigenvalue weighted by Crippen LogP contribution is 2.32. The SMILES string of the molecule is CNC(=O)C1(C)CCN(C2CCCNC2)C1. The molecule has 2 fully saturated rings. The molecule has 0 aromatic rings. The highest BCUT2D eigenvalue weighted by molar-refractivity contribution is 5.82. The van der Waals surface area contributed by atoms with E-state index >= 15 is 0 Å². The summed E-state index contributed by atoms with van der Waals surface area (Å²) in [6, 6.07) is 0.639. The van der Waals surface area contributed by atoms with Crippen molar-refractivity contribution in [3.05, 3.63) is 0 Å². The van der Waals surface area contributed by atoms with Crippen LogP contribution in [0, 0.1) is 5.41 Å². The summed E-state index contributed by atoms with van der Waals surface area (Å²) in [6.45, 7) is 6.30. The quantitative estimate of drug-likeness (QED) is 0.705. The van der Waals surface area contributed by atoms with Gasteiger partial charge in [-0.25, -0.2) is 0 Å². The topological polar surface area (TPSA) is 44.4 Å². The highest BCUT2D eigenvalue weighted by Gasteiger charge is 2.41. The van der Waals surface area contributed by atoms with Gasteiger partial charge in [0.25, 0.3) is 0 Å². The fraction of sp³-hybridized carbons (Fsp3) is 0.917. The Labute approximate surface area is 97.8 Å². The molecule has 4 nitrogen and oxygen atoms in total. The zero-order valence-electron chi connectivity index (χ0n) is 10.4. The lowest BCUT2D eigenvalue weighted by molar-refractivity contribution is -0.129. The molecule has 2 saturated heterocycles. The summed E-state index contributed by atoms with van der Waals surface area (Å²) in [5.41, 5.74) is -0.174. The van der Waals surface area contributed by atoms with E-state index in [9.17, 15) is 4.79 Å². The van der Waals surface area contributed by atoms with Crippen LogP contribution in [0.15, 0.2) is 0 Å². The van der Waals surface area contributed by atoms with Gasteiger partial charge in [-0.1, -0.05) is 0 Å². The van der Waals surface area contributed by atoms with Gasteiger partial charge in [0.1, 0.15) is 0 Å². The Morgan fingerprint density at radius 2 is 2.38 bits per heavy atom. The fourth-order valence-electron chi connectivity index (χ4n) is 2.94. The molecule has 0 bridgehead atoms. The van der Waals surface area contributed by atoms with Crippen LogP contribution in [0.4, 0.5) is 0 Å². The molecule has 1 amide bonds. The molecule has 2 aliphatic rings. The molecular formula is C12H23N3O. The summed E-state index contributed by atoms with van der Waals surface area (Å²) in [5, 5.41) is 6.23. The molecule has 92 valence electrons. The Balaban J connectivity index is 1.93. The lowest BCUT2D eigenvalue weighted by atomic mass is 9.89. The summed E-state index contributed by atoms with van der Waals surface area (Å²) in [5.74, 6) is 0.193. The van der Waals surface area contributed by atoms with Crippen LogP contribution in [0.2, 0.25) is 0 Å². The van der Waals surface area contributed by atoms with Gasteiger partial charge in [-0.2, -0.15) is 0 Å². The molecule has 16 heavy (non-hydrogen) atoms. The maximum atomic E-state index is 11.8. The number of carbonyl (C=O) groups is 1. The van der Waals surface area contributed by atoms with Crippen LogP contribution >= 0.6 is 0 Å². The average molecular weight is 225 g/mol. The molecule has 2 heterocycles. The second-order valence-corrected chi connectivity index (χ2v) is 5.36. The number of hydrogen-bond donors (Lipinski definition) is 2. The third-order valence-corrected chi connectivity index (χ3v) is 4.07. The van der Waals surface area contributed by atoms with Gasteiger partial charge in [0.05, 0.1) is 5.41 Å². The Morgan fingerprint density at radius 3 is 3.00 bits per heavy atom. The van der Waals surface area contributed by atoms with Gasteiger partial charge in [0, 0.05) is 26.2 Å². The van der Waals surface area contributed by atoms with Gasteiger partial charge < -0.3 is 10.6 Å². The van der Waals surface area contributed by atoms with Crippen LogP contribution in [-0.4, -0.2) is 50.1 Å². The number of piperidine rings is 1. The minimum absolute atomic E-state index is 0.174. The molecule has 2 unspecified atom stereocenters. The first-order valence-corrected chi connectivity index (χ1v) is 6.33. The molecule has 2 rings (SSSR count). The molecule has 2 atom stereocenters. The lowest BCUT2D eigenvalue weighted by Gasteiger charge is -2.32. The molecule has 0 radical (unpaired) electrons. The zero-order chi connectivity index (χ0) is 11.6. The summed E-state index contributed by atoms with van der Waals surface area (Å²) < 4.78 is 0. The highest BCUT2D eigenvalue weighted by atomic mass is 16.2. The lowest BCUT2D eigenvalue weighted by Crippen LogP contribution is -2.47. The number of carbonyl (C=O) groups excluding carboxylic acids is 1. The molecule has 4 heteroatoms. The maximum absolute atomic E-state index is 11.8. The smallest absolute Gasteiger partial charge is 0.227 e. The fourth-order valence-corrected chi connectivity index (χ4v) is 2.94. The van der Waals surface area contributed by atoms with Crippen LogP contribution < -0.4 is 10.6 Å². The second-order valence-electron chi connectivity index (χ2n) is 5.36. The minimum Gasteiger partial charge on any atom is -0.359 e. The molecule has 0 saturated carbocycles. The molecule has 2 aliphatic heterocycles. The Morgan fingerprint density at radius 1 is 1.56 bits per heavy atom. The first kappa shape index (κ1) is 11.9. The summed E-state index contributed by atoms with van der Waals surface area (Å²) >= 11 is 0. The standard InChI is InChI=1S/C12H23N3O/c1-12(11(16)13-2)5-7-15(9-12)10-4-3-6-14-8-10/h10,14H,3-9H2,1-2H3,(H,13,16). The van der Waals surface area contributed by atoms with Crippen molar-refractivity contribution >= 4 is 5.91 Å². The van der Waals surface area contributed by atoms with E-state index in [1.54, 1.807) is 7.05 Å². The van der Waals surface area contributed by atoms with Crippen molar-refractivity contribution in [3.63, 3.8) is 0 Å². The van der Waals surface area contributed by atoms with E-state index < -0.39 is 0 Å². The van der Waals surface area contributed by atoms with Crippen molar-refractivity contribution < 1.29 is 4.79 Å². The third-order valence-electron chi connectivity index (χ3n) is 4.07. The van der Waals surface area contributed by atoms with Crippen LogP contribution in [0.1, 0.15) is 26.2 Å². The van der Waals surface area contributed by atoms with E-state index in [0.717, 1.165) is 32.6 Å². The van der Waals surface area contributed by atoms with Gasteiger partial charge in [-0.3, -0.25) is 9.69 Å². The van der Waals surface area contributed by atoms with E-state index in [1.807, 2.05) is 0 Å². The largest absolute Gasteiger partial charge is 0.359 e. The monoisotopic (exact) mass is 225 g/mol. The van der Waals surface area contributed by atoms with E-state index in [0.29, 0.717) is 6.04 Å². The van der Waals surface area contributed by atoms with Crippen LogP contribution in [-0.2, 0) is 4.79 Å². The van der Waals surface area contributed by atoms with Crippen molar-refractivity contribution in [1.82, 2.24) is 15.5 Å². The van der Waals surface area contributed by atoms with E-state index in [1.165, 1.54) is 12.8 Å². The van der Waals surface area contributed by atoms with Gasteiger partial charge >= 0.3 is 0 Å². The molecule has 0 aromatic heterocycles. The first-order valence-electron chi connectivity index (χ1n) is 6.33. The van der Waals surface area contributed by atoms with Gasteiger partial charge in [-0.15, -0.1) is 0 Å². The Hall–Kier alpha value is -0.610. The summed E-state index contributed by atoms with van der Waals surface area (Å²) in [6.07, 6.45) is 3.53. The van der Waals surface area contributed by atoms with Crippen LogP contribution in [0.3, 0.4) is 0 Å². The minimum atomic E-state index is -0.174. The second kappa shape index (κ2) is 4.72. The van der Waals surface area contributed by atoms with E-state index in [2.05, 4.69) is 22.5 Å². The maximum Gasteiger partial charge on any atom is 0.227 e. The van der Waals surface area contributed by atoms with Gasteiger partial charge in [0.2, 0.25) is 5.91 Å². The van der Waals surface area contributed by atoms with Gasteiger partial charge in [-0.05, 0) is 39.3 Å². The summed E-state index contributed by atoms with van der Waals surface area (Å²) in [7, 11) is 1.73. The third kappa shape index (κ3) is 2.23. The normalized spacial score (nSPS) is 36.2. The summed E-state index contributed by atoms with van der Waals surface area (Å²) in [4.78, 5) is 14.3. The van der Waals surface area contributed by atoms with Crippen molar-refractivity contribution in [3.8, 4) is 0 Å². The molecule has 0 spiro atoms. The predicted molar refractivity (Wildman–Crippen MR) is 64.3 cm³/mol. The van der Waals surface area contributed by atoms with Crippen molar-refractivity contribution in [1.29, 1.82) is 0 Å². The number of likely N-dealkylation sites (tertiary alicyclic amines) is 1. The number of hydrogen-bond acceptors (Lipinski definition) is 3. The number of nitrogens with zero attached hydrogens (tertiary/aromatic N) is 1. The van der Waals surface area contributed by atoms with E-state index in [4.69, 9.17) is 0 Å². The zero-order valence-corrected chi connectivity index (χ0v) is 10.4. The van der Waals surface area contributed by atoms with Crippen LogP contribution in [0.5, 0.6) is 0 Å². The molecule has 2 N–H and O–H groups in total. The Kier molecular flexibility index (Phi) is 3.50. The molecular weight excluding hydrogens is 202 g/mol. The molecule has 0 aromatic carbocycles. The van der Waals surface area contributed by atoms with Gasteiger partial charge in [0.15, 0.2) is 0 Å². The van der Waals surface area contributed by atoms with E-state index in [-0.39, 0.29) is 11.3 Å². The predicted octanol–water partition coefficient (Wildman–Crippen LogP) is 0.196. The van der Waals surface area contributed by atoms with Crippen molar-refractivity contribution in [2.24, 2.45) is 5.41 Å². The first-order chi connectivity index (χ1) is 7.65. The number of amides is 1. The molecule has 0 aliphatic carbocycles. The Bertz CT molecular complexity index is 263. The van der Waals surface area contributed by atoms with Crippen molar-refractivity contribution in [2.75, 3.05) is 33.2 Å². The number of rotatable bonds is 2. The number of nitrogens with one attached hydrogen (secondary N) is 2.